The van der Waals surface area contributed by atoms with Crippen molar-refractivity contribution < 1.29 is 14.1 Å². The van der Waals surface area contributed by atoms with Gasteiger partial charge in [0, 0.05) is 20.2 Å². The van der Waals surface area contributed by atoms with Crippen LogP contribution in [0.5, 0.6) is 0 Å². The molecule has 0 radical (unpaired) electrons. The number of hydrogen-bond donors (Lipinski definition) is 0. The van der Waals surface area contributed by atoms with Crippen LogP contribution in [0.4, 0.5) is 15.8 Å². The van der Waals surface area contributed by atoms with Gasteiger partial charge in [0.1, 0.15) is 11.5 Å². The van der Waals surface area contributed by atoms with E-state index in [2.05, 4.69) is 0 Å². The number of hydrogen-bond acceptors (Lipinski definition) is 5. The molecule has 1 aromatic carbocycles. The topological polar surface area (TPSA) is 79.4 Å². The molecule has 0 amide bonds. The molecule has 0 heterocycles. The smallest absolute Gasteiger partial charge is 0.295 e. The van der Waals surface area contributed by atoms with E-state index in [0.717, 1.165) is 6.07 Å². The summed E-state index contributed by atoms with van der Waals surface area (Å²) >= 11 is 0. The maximum atomic E-state index is 13.5. The highest BCUT2D eigenvalue weighted by Gasteiger charge is 2.21. The van der Waals surface area contributed by atoms with Crippen LogP contribution in [-0.4, -0.2) is 31.7 Å². The lowest BCUT2D eigenvalue weighted by Crippen LogP contribution is -2.29. The van der Waals surface area contributed by atoms with E-state index >= 15 is 0 Å². The molecule has 1 rings (SSSR count). The molecule has 108 valence electrons. The van der Waals surface area contributed by atoms with Crippen molar-refractivity contribution in [2.24, 2.45) is 0 Å². The minimum absolute atomic E-state index is 0.220. The number of ether oxygens (including phenoxy) is 1. The van der Waals surface area contributed by atoms with Crippen molar-refractivity contribution in [3.8, 4) is 6.07 Å². The first-order valence-electron chi connectivity index (χ1n) is 6.06. The molecule has 0 fully saturated rings. The molecular formula is C13H16FN3O3. The van der Waals surface area contributed by atoms with Crippen molar-refractivity contribution >= 4 is 11.4 Å². The quantitative estimate of drug-likeness (QED) is 0.566. The van der Waals surface area contributed by atoms with Crippen molar-refractivity contribution in [1.29, 1.82) is 5.26 Å². The number of nitrogens with zero attached hydrogens (tertiary/aromatic N) is 3. The monoisotopic (exact) mass is 281 g/mol. The number of methoxy groups -OCH3 is 1. The van der Waals surface area contributed by atoms with E-state index < -0.39 is 10.7 Å². The molecule has 0 aliphatic heterocycles. The molecule has 0 saturated carbocycles. The van der Waals surface area contributed by atoms with Gasteiger partial charge >= 0.3 is 0 Å². The van der Waals surface area contributed by atoms with Crippen molar-refractivity contribution in [3.05, 3.63) is 33.6 Å². The summed E-state index contributed by atoms with van der Waals surface area (Å²) in [6.45, 7) is 2.62. The van der Waals surface area contributed by atoms with Gasteiger partial charge in [-0.25, -0.2) is 4.39 Å². The Morgan fingerprint density at radius 3 is 2.75 bits per heavy atom. The second kappa shape index (κ2) is 7.40. The molecule has 0 N–H and O–H groups in total. The second-order valence-electron chi connectivity index (χ2n) is 4.24. The van der Waals surface area contributed by atoms with E-state index in [4.69, 9.17) is 10.00 Å². The van der Waals surface area contributed by atoms with Crippen LogP contribution in [0.15, 0.2) is 12.1 Å². The number of anilines is 1. The third-order valence-electron chi connectivity index (χ3n) is 2.85. The number of rotatable bonds is 7. The van der Waals surface area contributed by atoms with Crippen LogP contribution in [0.2, 0.25) is 0 Å². The summed E-state index contributed by atoms with van der Waals surface area (Å²) < 4.78 is 18.4. The predicted octanol–water partition coefficient (Wildman–Crippen LogP) is 2.41. The van der Waals surface area contributed by atoms with E-state index in [1.165, 1.54) is 13.2 Å². The molecular weight excluding hydrogens is 265 g/mol. The van der Waals surface area contributed by atoms with Gasteiger partial charge in [0.05, 0.1) is 30.1 Å². The Bertz CT molecular complexity index is 528. The Hall–Kier alpha value is -2.20. The maximum absolute atomic E-state index is 13.5. The number of nitriles is 1. The fourth-order valence-electron chi connectivity index (χ4n) is 1.79. The minimum Gasteiger partial charge on any atom is -0.383 e. The Kier molecular flexibility index (Phi) is 5.87. The highest BCUT2D eigenvalue weighted by Crippen LogP contribution is 2.31. The van der Waals surface area contributed by atoms with E-state index in [1.54, 1.807) is 11.8 Å². The molecule has 20 heavy (non-hydrogen) atoms. The molecule has 7 heteroatoms. The first-order valence-corrected chi connectivity index (χ1v) is 6.06. The van der Waals surface area contributed by atoms with Crippen LogP contribution in [-0.2, 0) is 4.74 Å². The molecule has 0 unspecified atom stereocenters. The molecule has 0 aliphatic rings. The van der Waals surface area contributed by atoms with E-state index in [1.807, 2.05) is 6.07 Å². The number of benzene rings is 1. The lowest BCUT2D eigenvalue weighted by atomic mass is 10.1. The first-order chi connectivity index (χ1) is 9.51. The SMILES string of the molecule is COCCN(CCC#N)c1cc(C)c(F)cc1[N+](=O)[O-]. The van der Waals surface area contributed by atoms with Gasteiger partial charge in [-0.05, 0) is 18.6 Å². The first kappa shape index (κ1) is 15.9. The van der Waals surface area contributed by atoms with E-state index in [-0.39, 0.29) is 12.1 Å². The summed E-state index contributed by atoms with van der Waals surface area (Å²) in [6.07, 6.45) is 0.220. The van der Waals surface area contributed by atoms with Crippen LogP contribution < -0.4 is 4.90 Å². The van der Waals surface area contributed by atoms with Crippen molar-refractivity contribution in [2.45, 2.75) is 13.3 Å². The summed E-state index contributed by atoms with van der Waals surface area (Å²) in [5.74, 6) is -0.618. The lowest BCUT2D eigenvalue weighted by molar-refractivity contribution is -0.384. The predicted molar refractivity (Wildman–Crippen MR) is 72.1 cm³/mol. The summed E-state index contributed by atoms with van der Waals surface area (Å²) in [5, 5.41) is 19.7. The number of halogens is 1. The van der Waals surface area contributed by atoms with Gasteiger partial charge in [-0.15, -0.1) is 0 Å². The zero-order chi connectivity index (χ0) is 15.1. The van der Waals surface area contributed by atoms with Crippen LogP contribution >= 0.6 is 0 Å². The standard InChI is InChI=1S/C13H16FN3O3/c1-10-8-12(13(17(18)19)9-11(10)14)16(5-3-4-15)6-7-20-2/h8-9H,3,5-7H2,1-2H3. The van der Waals surface area contributed by atoms with E-state index in [9.17, 15) is 14.5 Å². The fraction of sp³-hybridized carbons (Fsp3) is 0.462. The molecule has 0 atom stereocenters. The Balaban J connectivity index is 3.19. The van der Waals surface area contributed by atoms with Gasteiger partial charge in [0.25, 0.3) is 5.69 Å². The molecule has 0 bridgehead atoms. The zero-order valence-electron chi connectivity index (χ0n) is 11.4. The van der Waals surface area contributed by atoms with Gasteiger partial charge in [-0.2, -0.15) is 5.26 Å². The Morgan fingerprint density at radius 1 is 1.50 bits per heavy atom. The Labute approximate surface area is 116 Å². The summed E-state index contributed by atoms with van der Waals surface area (Å²) in [4.78, 5) is 12.1. The van der Waals surface area contributed by atoms with Crippen molar-refractivity contribution in [1.82, 2.24) is 0 Å². The average molecular weight is 281 g/mol. The van der Waals surface area contributed by atoms with Crippen LogP contribution in [0.3, 0.4) is 0 Å². The van der Waals surface area contributed by atoms with Crippen LogP contribution in [0, 0.1) is 34.2 Å². The highest BCUT2D eigenvalue weighted by molar-refractivity contribution is 5.64. The number of aryl methyl sites for hydroxylation is 1. The van der Waals surface area contributed by atoms with Gasteiger partial charge in [0.15, 0.2) is 0 Å². The number of nitro benzene ring substituents is 1. The van der Waals surface area contributed by atoms with Gasteiger partial charge in [-0.1, -0.05) is 0 Å². The second-order valence-corrected chi connectivity index (χ2v) is 4.24. The third kappa shape index (κ3) is 3.90. The summed E-state index contributed by atoms with van der Waals surface area (Å²) in [6, 6.07) is 4.34. The number of nitro groups is 1. The average Bonchev–Trinajstić information content (AvgIpc) is 2.41. The minimum atomic E-state index is -0.621. The molecule has 0 aliphatic carbocycles. The van der Waals surface area contributed by atoms with Crippen LogP contribution in [0.1, 0.15) is 12.0 Å². The molecule has 1 aromatic rings. The van der Waals surface area contributed by atoms with Gasteiger partial charge < -0.3 is 9.64 Å². The highest BCUT2D eigenvalue weighted by atomic mass is 19.1. The molecule has 0 saturated heterocycles. The van der Waals surface area contributed by atoms with Crippen molar-refractivity contribution in [2.75, 3.05) is 31.7 Å². The van der Waals surface area contributed by atoms with Crippen LogP contribution in [0.25, 0.3) is 0 Å². The maximum Gasteiger partial charge on any atom is 0.295 e. The third-order valence-corrected chi connectivity index (χ3v) is 2.85. The van der Waals surface area contributed by atoms with E-state index in [0.29, 0.717) is 30.9 Å². The summed E-state index contributed by atoms with van der Waals surface area (Å²) in [5.41, 5.74) is 0.327. The normalized spacial score (nSPS) is 10.1. The van der Waals surface area contributed by atoms with Crippen molar-refractivity contribution in [3.63, 3.8) is 0 Å². The molecule has 0 aromatic heterocycles. The van der Waals surface area contributed by atoms with Gasteiger partial charge in [0.2, 0.25) is 0 Å². The lowest BCUT2D eigenvalue weighted by Gasteiger charge is -2.23. The Morgan fingerprint density at radius 2 is 2.20 bits per heavy atom. The van der Waals surface area contributed by atoms with Gasteiger partial charge in [-0.3, -0.25) is 10.1 Å². The fourth-order valence-corrected chi connectivity index (χ4v) is 1.79. The molecule has 0 spiro atoms. The molecule has 6 nitrogen and oxygen atoms in total. The largest absolute Gasteiger partial charge is 0.383 e. The summed E-state index contributed by atoms with van der Waals surface area (Å²) in [7, 11) is 1.52. The zero-order valence-corrected chi connectivity index (χ0v) is 11.4.